The number of H-pyrrole nitrogens is 1. The van der Waals surface area contributed by atoms with Crippen molar-refractivity contribution in [2.75, 3.05) is 6.54 Å². The van der Waals surface area contributed by atoms with Gasteiger partial charge in [-0.1, -0.05) is 32.0 Å². The van der Waals surface area contributed by atoms with E-state index in [4.69, 9.17) is 0 Å². The highest BCUT2D eigenvalue weighted by molar-refractivity contribution is 7.89. The van der Waals surface area contributed by atoms with Crippen molar-refractivity contribution >= 4 is 20.9 Å². The number of hydrogen-bond acceptors (Lipinski definition) is 2. The third-order valence-electron chi connectivity index (χ3n) is 6.18. The van der Waals surface area contributed by atoms with Crippen LogP contribution in [0.1, 0.15) is 37.4 Å². The number of hydrogen-bond donors (Lipinski definition) is 2. The molecule has 28 heavy (non-hydrogen) atoms. The molecule has 1 saturated carbocycles. The Balaban J connectivity index is 1.47. The summed E-state index contributed by atoms with van der Waals surface area (Å²) in [5.41, 5.74) is 3.81. The summed E-state index contributed by atoms with van der Waals surface area (Å²) in [4.78, 5) is 3.56. The molecule has 0 spiro atoms. The summed E-state index contributed by atoms with van der Waals surface area (Å²) in [6.07, 6.45) is 0.761. The van der Waals surface area contributed by atoms with E-state index in [1.54, 1.807) is 0 Å². The maximum atomic E-state index is 13.0. The molecule has 2 aromatic carbocycles. The molecule has 0 saturated heterocycles. The van der Waals surface area contributed by atoms with Crippen LogP contribution >= 0.6 is 0 Å². The van der Waals surface area contributed by atoms with Gasteiger partial charge in [-0.2, -0.15) is 0 Å². The van der Waals surface area contributed by atoms with Crippen LogP contribution in [0.25, 0.3) is 10.9 Å². The van der Waals surface area contributed by atoms with Crippen LogP contribution in [0.15, 0.2) is 53.4 Å². The van der Waals surface area contributed by atoms with Gasteiger partial charge in [-0.15, -0.1) is 0 Å². The SMILES string of the molecule is Cc1[nH]c2ccccc2c1C1C(CCNS(=O)(=O)c2ccc(F)cc2)C1(C)C. The maximum Gasteiger partial charge on any atom is 0.240 e. The molecular weight excluding hydrogens is 375 g/mol. The minimum atomic E-state index is -3.62. The summed E-state index contributed by atoms with van der Waals surface area (Å²) in [6, 6.07) is 13.2. The van der Waals surface area contributed by atoms with E-state index in [1.165, 1.54) is 28.8 Å². The number of halogens is 1. The van der Waals surface area contributed by atoms with Gasteiger partial charge in [0, 0.05) is 23.1 Å². The fraction of sp³-hybridized carbons (Fsp3) is 0.364. The summed E-state index contributed by atoms with van der Waals surface area (Å²) in [5, 5.41) is 1.26. The molecule has 1 aromatic heterocycles. The third kappa shape index (κ3) is 3.25. The van der Waals surface area contributed by atoms with Gasteiger partial charge in [0.15, 0.2) is 0 Å². The van der Waals surface area contributed by atoms with Gasteiger partial charge in [0.25, 0.3) is 0 Å². The van der Waals surface area contributed by atoms with E-state index in [0.29, 0.717) is 18.4 Å². The normalized spacial score (nSPS) is 21.1. The molecule has 2 N–H and O–H groups in total. The van der Waals surface area contributed by atoms with Crippen LogP contribution in [-0.4, -0.2) is 19.9 Å². The van der Waals surface area contributed by atoms with Gasteiger partial charge in [-0.3, -0.25) is 0 Å². The van der Waals surface area contributed by atoms with Crippen molar-refractivity contribution in [1.29, 1.82) is 0 Å². The van der Waals surface area contributed by atoms with E-state index < -0.39 is 15.8 Å². The quantitative estimate of drug-likeness (QED) is 0.629. The predicted octanol–water partition coefficient (Wildman–Crippen LogP) is 4.72. The molecule has 148 valence electrons. The zero-order chi connectivity index (χ0) is 20.1. The van der Waals surface area contributed by atoms with Crippen LogP contribution in [0.2, 0.25) is 0 Å². The molecule has 0 bridgehead atoms. The zero-order valence-corrected chi connectivity index (χ0v) is 17.1. The van der Waals surface area contributed by atoms with E-state index in [1.807, 2.05) is 6.07 Å². The summed E-state index contributed by atoms with van der Waals surface area (Å²) in [7, 11) is -3.62. The first-order valence-corrected chi connectivity index (χ1v) is 11.0. The molecule has 0 aliphatic heterocycles. The van der Waals surface area contributed by atoms with Crippen LogP contribution in [0.3, 0.4) is 0 Å². The molecule has 1 aliphatic carbocycles. The summed E-state index contributed by atoms with van der Waals surface area (Å²) < 4.78 is 40.5. The number of aromatic nitrogens is 1. The fourth-order valence-electron chi connectivity index (χ4n) is 4.60. The van der Waals surface area contributed by atoms with Gasteiger partial charge in [0.1, 0.15) is 5.82 Å². The first-order chi connectivity index (χ1) is 13.2. The van der Waals surface area contributed by atoms with Crippen LogP contribution in [0.5, 0.6) is 0 Å². The van der Waals surface area contributed by atoms with Crippen LogP contribution < -0.4 is 4.72 Å². The van der Waals surface area contributed by atoms with E-state index >= 15 is 0 Å². The van der Waals surface area contributed by atoms with Crippen molar-refractivity contribution in [1.82, 2.24) is 9.71 Å². The molecule has 6 heteroatoms. The van der Waals surface area contributed by atoms with Crippen molar-refractivity contribution in [3.63, 3.8) is 0 Å². The first kappa shape index (κ1) is 19.2. The lowest BCUT2D eigenvalue weighted by molar-refractivity contribution is 0.522. The number of sulfonamides is 1. The Morgan fingerprint density at radius 2 is 1.79 bits per heavy atom. The largest absolute Gasteiger partial charge is 0.358 e. The highest BCUT2D eigenvalue weighted by Crippen LogP contribution is 2.67. The molecule has 1 heterocycles. The molecule has 4 nitrogen and oxygen atoms in total. The summed E-state index contributed by atoms with van der Waals surface area (Å²) >= 11 is 0. The van der Waals surface area contributed by atoms with Gasteiger partial charge in [-0.05, 0) is 66.5 Å². The van der Waals surface area contributed by atoms with Crippen molar-refractivity contribution in [2.24, 2.45) is 11.3 Å². The minimum Gasteiger partial charge on any atom is -0.358 e. The van der Waals surface area contributed by atoms with E-state index in [9.17, 15) is 12.8 Å². The van der Waals surface area contributed by atoms with Crippen molar-refractivity contribution in [3.8, 4) is 0 Å². The van der Waals surface area contributed by atoms with Crippen molar-refractivity contribution in [3.05, 3.63) is 65.6 Å². The standard InChI is InChI=1S/C22H25FN2O2S/c1-14-20(17-6-4-5-7-19(17)25-14)21-18(22(21,2)3)12-13-24-28(26,27)16-10-8-15(23)9-11-16/h4-11,18,21,24-25H,12-13H2,1-3H3. The average molecular weight is 401 g/mol. The van der Waals surface area contributed by atoms with Gasteiger partial charge in [0.05, 0.1) is 4.90 Å². The lowest BCUT2D eigenvalue weighted by atomic mass is 10.0. The number of aromatic amines is 1. The average Bonchev–Trinajstić information content (AvgIpc) is 3.01. The number of rotatable bonds is 6. The molecule has 1 aliphatic rings. The lowest BCUT2D eigenvalue weighted by Crippen LogP contribution is -2.25. The number of aryl methyl sites for hydroxylation is 1. The van der Waals surface area contributed by atoms with Gasteiger partial charge in [0.2, 0.25) is 10.0 Å². The number of nitrogens with one attached hydrogen (secondary N) is 2. The Hall–Kier alpha value is -2.18. The highest BCUT2D eigenvalue weighted by atomic mass is 32.2. The highest BCUT2D eigenvalue weighted by Gasteiger charge is 2.58. The molecule has 4 rings (SSSR count). The molecule has 2 atom stereocenters. The lowest BCUT2D eigenvalue weighted by Gasteiger charge is -2.07. The second kappa shape index (κ2) is 6.71. The monoisotopic (exact) mass is 400 g/mol. The Labute approximate surface area is 165 Å². The molecular formula is C22H25FN2O2S. The van der Waals surface area contributed by atoms with Crippen molar-refractivity contribution in [2.45, 2.75) is 38.0 Å². The maximum absolute atomic E-state index is 13.0. The van der Waals surface area contributed by atoms with Crippen LogP contribution in [0, 0.1) is 24.1 Å². The van der Waals surface area contributed by atoms with E-state index in [-0.39, 0.29) is 10.3 Å². The summed E-state index contributed by atoms with van der Waals surface area (Å²) in [6.45, 7) is 6.97. The van der Waals surface area contributed by atoms with Gasteiger partial charge < -0.3 is 4.98 Å². The molecule has 0 amide bonds. The Morgan fingerprint density at radius 3 is 2.50 bits per heavy atom. The number of fused-ring (bicyclic) bond motifs is 1. The Bertz CT molecular complexity index is 1120. The van der Waals surface area contributed by atoms with Crippen molar-refractivity contribution < 1.29 is 12.8 Å². The van der Waals surface area contributed by atoms with E-state index in [0.717, 1.165) is 24.1 Å². The Morgan fingerprint density at radius 1 is 1.11 bits per heavy atom. The molecule has 2 unspecified atom stereocenters. The Kier molecular flexibility index (Phi) is 4.59. The zero-order valence-electron chi connectivity index (χ0n) is 16.3. The molecule has 1 fully saturated rings. The number of para-hydroxylation sites is 1. The number of benzene rings is 2. The molecule has 3 aromatic rings. The van der Waals surface area contributed by atoms with Crippen LogP contribution in [0.4, 0.5) is 4.39 Å². The smallest absolute Gasteiger partial charge is 0.240 e. The second-order valence-corrected chi connectivity index (χ2v) is 10.0. The van der Waals surface area contributed by atoms with Crippen LogP contribution in [-0.2, 0) is 10.0 Å². The molecule has 0 radical (unpaired) electrons. The van der Waals surface area contributed by atoms with Gasteiger partial charge >= 0.3 is 0 Å². The first-order valence-electron chi connectivity index (χ1n) is 9.54. The van der Waals surface area contributed by atoms with Gasteiger partial charge in [-0.25, -0.2) is 17.5 Å². The predicted molar refractivity (Wildman–Crippen MR) is 109 cm³/mol. The third-order valence-corrected chi connectivity index (χ3v) is 7.65. The fourth-order valence-corrected chi connectivity index (χ4v) is 5.65. The summed E-state index contributed by atoms with van der Waals surface area (Å²) in [5.74, 6) is 0.357. The second-order valence-electron chi connectivity index (χ2n) is 8.26. The minimum absolute atomic E-state index is 0.0907. The topological polar surface area (TPSA) is 62.0 Å². The van der Waals surface area contributed by atoms with E-state index in [2.05, 4.69) is 48.7 Å².